The molecule has 0 saturated carbocycles. The lowest BCUT2D eigenvalue weighted by Crippen LogP contribution is -2.49. The van der Waals surface area contributed by atoms with Crippen LogP contribution in [-0.4, -0.2) is 51.9 Å². The van der Waals surface area contributed by atoms with Gasteiger partial charge in [-0.05, 0) is 31.3 Å². The Kier molecular flexibility index (Phi) is 5.74. The van der Waals surface area contributed by atoms with Gasteiger partial charge < -0.3 is 20.8 Å². The molecule has 1 unspecified atom stereocenters. The second-order valence-corrected chi connectivity index (χ2v) is 6.01. The molecule has 0 aliphatic carbocycles. The summed E-state index contributed by atoms with van der Waals surface area (Å²) < 4.78 is 0. The molecule has 1 rings (SSSR count). The molecule has 1 aliphatic rings. The molecule has 6 nitrogen and oxygen atoms in total. The van der Waals surface area contributed by atoms with E-state index < -0.39 is 18.0 Å². The summed E-state index contributed by atoms with van der Waals surface area (Å²) in [5.74, 6) is 0.995. The molecule has 4 N–H and O–H groups in total. The molecule has 1 aliphatic heterocycles. The number of thioether (sulfide) groups is 1. The van der Waals surface area contributed by atoms with Gasteiger partial charge in [0.15, 0.2) is 0 Å². The smallest absolute Gasteiger partial charge is 0.315 e. The molecular formula is C11H20N2O4S. The van der Waals surface area contributed by atoms with Crippen LogP contribution in [-0.2, 0) is 4.79 Å². The average Bonchev–Trinajstić information content (AvgIpc) is 2.26. The first-order valence-corrected chi connectivity index (χ1v) is 7.11. The highest BCUT2D eigenvalue weighted by molar-refractivity contribution is 7.99. The van der Waals surface area contributed by atoms with E-state index in [1.807, 2.05) is 11.8 Å². The number of hydrogen-bond acceptors (Lipinski definition) is 4. The van der Waals surface area contributed by atoms with Crippen molar-refractivity contribution in [2.75, 3.05) is 18.1 Å². The Hall–Kier alpha value is -0.950. The van der Waals surface area contributed by atoms with E-state index in [0.29, 0.717) is 0 Å². The third kappa shape index (κ3) is 6.11. The predicted molar refractivity (Wildman–Crippen MR) is 69.8 cm³/mol. The van der Waals surface area contributed by atoms with E-state index in [-0.39, 0.29) is 18.6 Å². The van der Waals surface area contributed by atoms with Gasteiger partial charge >= 0.3 is 12.0 Å². The lowest BCUT2D eigenvalue weighted by atomic mass is 10.0. The van der Waals surface area contributed by atoms with E-state index in [1.165, 1.54) is 6.92 Å². The number of carboxylic acid groups (broad SMARTS) is 1. The lowest BCUT2D eigenvalue weighted by Gasteiger charge is -2.25. The first-order valence-electron chi connectivity index (χ1n) is 5.95. The van der Waals surface area contributed by atoms with Gasteiger partial charge in [-0.3, -0.25) is 4.79 Å². The monoisotopic (exact) mass is 276 g/mol. The van der Waals surface area contributed by atoms with Crippen molar-refractivity contribution in [2.45, 2.75) is 37.8 Å². The number of carbonyl (C=O) groups excluding carboxylic acids is 1. The molecule has 0 aromatic rings. The Morgan fingerprint density at radius 2 is 2.00 bits per heavy atom. The van der Waals surface area contributed by atoms with Crippen molar-refractivity contribution in [3.63, 3.8) is 0 Å². The van der Waals surface area contributed by atoms with Gasteiger partial charge in [-0.25, -0.2) is 4.79 Å². The third-order valence-electron chi connectivity index (χ3n) is 2.72. The minimum Gasteiger partial charge on any atom is -0.481 e. The number of amides is 2. The van der Waals surface area contributed by atoms with Gasteiger partial charge in [-0.2, -0.15) is 11.8 Å². The first-order chi connectivity index (χ1) is 8.39. The number of urea groups is 1. The maximum absolute atomic E-state index is 11.6. The molecule has 1 atom stereocenters. The number of nitrogens with one attached hydrogen (secondary N) is 2. The van der Waals surface area contributed by atoms with Gasteiger partial charge in [0.1, 0.15) is 0 Å². The van der Waals surface area contributed by atoms with Gasteiger partial charge in [-0.15, -0.1) is 0 Å². The number of rotatable bonds is 5. The van der Waals surface area contributed by atoms with Crippen LogP contribution in [0.3, 0.4) is 0 Å². The number of carbonyl (C=O) groups is 2. The first kappa shape index (κ1) is 15.1. The zero-order valence-corrected chi connectivity index (χ0v) is 11.3. The molecule has 0 aromatic carbocycles. The highest BCUT2D eigenvalue weighted by Crippen LogP contribution is 2.16. The number of aliphatic hydroxyl groups is 1. The standard InChI is InChI=1S/C11H20N2O4S/c1-11(17,6-9(14)15)7-12-10(16)13-8-2-4-18-5-3-8/h8,17H,2-7H2,1H3,(H,14,15)(H2,12,13,16). The Bertz CT molecular complexity index is 303. The van der Waals surface area contributed by atoms with E-state index >= 15 is 0 Å². The van der Waals surface area contributed by atoms with Gasteiger partial charge in [0.05, 0.1) is 12.0 Å². The summed E-state index contributed by atoms with van der Waals surface area (Å²) in [6.45, 7) is 1.31. The fourth-order valence-corrected chi connectivity index (χ4v) is 2.84. The van der Waals surface area contributed by atoms with Crippen molar-refractivity contribution in [1.29, 1.82) is 0 Å². The van der Waals surface area contributed by atoms with Crippen LogP contribution in [0.1, 0.15) is 26.2 Å². The molecule has 1 fully saturated rings. The Morgan fingerprint density at radius 3 is 2.56 bits per heavy atom. The largest absolute Gasteiger partial charge is 0.481 e. The summed E-state index contributed by atoms with van der Waals surface area (Å²) in [6, 6.07) is -0.173. The minimum absolute atomic E-state index is 0.0768. The fraction of sp³-hybridized carbons (Fsp3) is 0.818. The van der Waals surface area contributed by atoms with Crippen LogP contribution in [0.2, 0.25) is 0 Å². The maximum atomic E-state index is 11.6. The molecular weight excluding hydrogens is 256 g/mol. The molecule has 7 heteroatoms. The molecule has 0 aromatic heterocycles. The average molecular weight is 276 g/mol. The fourth-order valence-electron chi connectivity index (χ4n) is 1.74. The van der Waals surface area contributed by atoms with Crippen molar-refractivity contribution in [2.24, 2.45) is 0 Å². The topological polar surface area (TPSA) is 98.7 Å². The van der Waals surface area contributed by atoms with Crippen molar-refractivity contribution < 1.29 is 19.8 Å². The molecule has 2 amide bonds. The van der Waals surface area contributed by atoms with Crippen LogP contribution >= 0.6 is 11.8 Å². The molecule has 104 valence electrons. The summed E-state index contributed by atoms with van der Waals surface area (Å²) in [5.41, 5.74) is -1.43. The van der Waals surface area contributed by atoms with Crippen LogP contribution in [0.25, 0.3) is 0 Å². The number of aliphatic carboxylic acids is 1. The zero-order chi connectivity index (χ0) is 13.6. The van der Waals surface area contributed by atoms with Crippen molar-refractivity contribution in [3.8, 4) is 0 Å². The van der Waals surface area contributed by atoms with Crippen LogP contribution < -0.4 is 10.6 Å². The van der Waals surface area contributed by atoms with E-state index in [4.69, 9.17) is 5.11 Å². The van der Waals surface area contributed by atoms with Gasteiger partial charge in [-0.1, -0.05) is 0 Å². The second kappa shape index (κ2) is 6.84. The van der Waals surface area contributed by atoms with E-state index in [0.717, 1.165) is 24.3 Å². The van der Waals surface area contributed by atoms with E-state index in [1.54, 1.807) is 0 Å². The molecule has 0 radical (unpaired) electrons. The second-order valence-electron chi connectivity index (χ2n) is 4.78. The lowest BCUT2D eigenvalue weighted by molar-refractivity contribution is -0.141. The van der Waals surface area contributed by atoms with Gasteiger partial charge in [0, 0.05) is 12.6 Å². The zero-order valence-electron chi connectivity index (χ0n) is 10.4. The Morgan fingerprint density at radius 1 is 1.39 bits per heavy atom. The number of carboxylic acids is 1. The molecule has 1 saturated heterocycles. The molecule has 0 spiro atoms. The van der Waals surface area contributed by atoms with Gasteiger partial charge in [0.25, 0.3) is 0 Å². The number of hydrogen-bond donors (Lipinski definition) is 4. The van der Waals surface area contributed by atoms with E-state index in [2.05, 4.69) is 10.6 Å². The Labute approximate surface area is 111 Å². The predicted octanol–water partition coefficient (Wildman–Crippen LogP) is 0.407. The normalized spacial score (nSPS) is 19.9. The summed E-state index contributed by atoms with van der Waals surface area (Å²) in [5, 5.41) is 23.6. The molecule has 18 heavy (non-hydrogen) atoms. The highest BCUT2D eigenvalue weighted by Gasteiger charge is 2.25. The molecule has 0 bridgehead atoms. The maximum Gasteiger partial charge on any atom is 0.315 e. The van der Waals surface area contributed by atoms with Crippen molar-refractivity contribution >= 4 is 23.8 Å². The Balaban J connectivity index is 2.25. The minimum atomic E-state index is -1.43. The summed E-state index contributed by atoms with van der Waals surface area (Å²) in [4.78, 5) is 22.0. The van der Waals surface area contributed by atoms with Crippen LogP contribution in [0.5, 0.6) is 0 Å². The molecule has 1 heterocycles. The summed E-state index contributed by atoms with van der Waals surface area (Å²) in [7, 11) is 0. The van der Waals surface area contributed by atoms with Crippen LogP contribution in [0.15, 0.2) is 0 Å². The van der Waals surface area contributed by atoms with Crippen molar-refractivity contribution in [1.82, 2.24) is 10.6 Å². The van der Waals surface area contributed by atoms with Crippen LogP contribution in [0, 0.1) is 0 Å². The summed E-state index contributed by atoms with van der Waals surface area (Å²) in [6.07, 6.45) is 1.50. The summed E-state index contributed by atoms with van der Waals surface area (Å²) >= 11 is 1.87. The van der Waals surface area contributed by atoms with E-state index in [9.17, 15) is 14.7 Å². The quantitative estimate of drug-likeness (QED) is 0.583. The van der Waals surface area contributed by atoms with Crippen LogP contribution in [0.4, 0.5) is 4.79 Å². The highest BCUT2D eigenvalue weighted by atomic mass is 32.2. The van der Waals surface area contributed by atoms with Crippen molar-refractivity contribution in [3.05, 3.63) is 0 Å². The van der Waals surface area contributed by atoms with Gasteiger partial charge in [0.2, 0.25) is 0 Å². The third-order valence-corrected chi connectivity index (χ3v) is 3.77. The SMILES string of the molecule is CC(O)(CNC(=O)NC1CCSCC1)CC(=O)O.